The van der Waals surface area contributed by atoms with Crippen molar-refractivity contribution in [1.29, 1.82) is 0 Å². The van der Waals surface area contributed by atoms with Crippen molar-refractivity contribution in [1.82, 2.24) is 34.3 Å². The van der Waals surface area contributed by atoms with E-state index in [-0.39, 0.29) is 23.6 Å². The highest BCUT2D eigenvalue weighted by Crippen LogP contribution is 2.34. The van der Waals surface area contributed by atoms with Gasteiger partial charge in [-0.2, -0.15) is 10.2 Å². The summed E-state index contributed by atoms with van der Waals surface area (Å²) in [6.07, 6.45) is 5.46. The molecule has 0 unspecified atom stereocenters. The lowest BCUT2D eigenvalue weighted by molar-refractivity contribution is -0.131. The van der Waals surface area contributed by atoms with Crippen molar-refractivity contribution < 1.29 is 9.53 Å². The Kier molecular flexibility index (Phi) is 4.82. The van der Waals surface area contributed by atoms with Crippen LogP contribution in [0.15, 0.2) is 29.5 Å². The topological polar surface area (TPSA) is 122 Å². The molecule has 1 saturated heterocycles. The molecule has 0 aromatic carbocycles. The van der Waals surface area contributed by atoms with Crippen LogP contribution in [0.4, 0.5) is 5.69 Å². The van der Waals surface area contributed by atoms with E-state index in [1.54, 1.807) is 28.6 Å². The predicted octanol–water partition coefficient (Wildman–Crippen LogP) is 2.15. The van der Waals surface area contributed by atoms with Gasteiger partial charge < -0.3 is 15.0 Å². The first-order valence-corrected chi connectivity index (χ1v) is 12.0. The van der Waals surface area contributed by atoms with E-state index in [2.05, 4.69) is 25.5 Å². The summed E-state index contributed by atoms with van der Waals surface area (Å²) in [5, 5.41) is 12.4. The molecule has 180 valence electrons. The molecule has 12 heteroatoms. The maximum Gasteiger partial charge on any atom is 0.261 e. The number of likely N-dealkylation sites (tertiary alicyclic amines) is 1. The molecule has 1 amide bonds. The summed E-state index contributed by atoms with van der Waals surface area (Å²) in [7, 11) is 3.56. The number of ether oxygens (including phenoxy) is 1. The van der Waals surface area contributed by atoms with Gasteiger partial charge in [-0.15, -0.1) is 11.3 Å². The number of H-pyrrole nitrogens is 1. The third kappa shape index (κ3) is 3.61. The molecule has 0 saturated carbocycles. The van der Waals surface area contributed by atoms with Crippen LogP contribution in [0.1, 0.15) is 12.6 Å². The lowest BCUT2D eigenvalue weighted by Crippen LogP contribution is -2.62. The maximum absolute atomic E-state index is 13.0. The number of fused-ring (bicyclic) bond motifs is 5. The lowest BCUT2D eigenvalue weighted by atomic mass is 9.96. The zero-order valence-corrected chi connectivity index (χ0v) is 20.6. The molecule has 2 N–H and O–H groups in total. The summed E-state index contributed by atoms with van der Waals surface area (Å²) in [5.41, 5.74) is 3.63. The maximum atomic E-state index is 13.0. The Bertz CT molecular complexity index is 1690. The predicted molar refractivity (Wildman–Crippen MR) is 134 cm³/mol. The minimum Gasteiger partial charge on any atom is -0.376 e. The first-order chi connectivity index (χ1) is 16.7. The Hall–Kier alpha value is -3.61. The van der Waals surface area contributed by atoms with Gasteiger partial charge in [0.1, 0.15) is 21.3 Å². The molecule has 0 spiro atoms. The summed E-state index contributed by atoms with van der Waals surface area (Å²) in [6, 6.07) is 1.72. The fourth-order valence-corrected chi connectivity index (χ4v) is 5.88. The highest BCUT2D eigenvalue weighted by molar-refractivity contribution is 7.21. The van der Waals surface area contributed by atoms with E-state index in [0.29, 0.717) is 40.7 Å². The first kappa shape index (κ1) is 21.9. The Balaban J connectivity index is 1.31. The fourth-order valence-electron chi connectivity index (χ4n) is 4.73. The van der Waals surface area contributed by atoms with E-state index in [1.807, 2.05) is 38.2 Å². The van der Waals surface area contributed by atoms with Gasteiger partial charge in [-0.25, -0.2) is 4.52 Å². The van der Waals surface area contributed by atoms with Crippen LogP contribution < -0.4 is 10.9 Å². The molecular weight excluding hydrogens is 468 g/mol. The van der Waals surface area contributed by atoms with Crippen LogP contribution in [0.2, 0.25) is 0 Å². The summed E-state index contributed by atoms with van der Waals surface area (Å²) in [5.74, 6) is -0.145. The largest absolute Gasteiger partial charge is 0.376 e. The van der Waals surface area contributed by atoms with Crippen LogP contribution in [0.3, 0.4) is 0 Å². The number of aromatic amines is 1. The summed E-state index contributed by atoms with van der Waals surface area (Å²) < 4.78 is 8.92. The van der Waals surface area contributed by atoms with Gasteiger partial charge in [-0.05, 0) is 19.9 Å². The molecule has 0 bridgehead atoms. The molecule has 1 aliphatic rings. The number of aromatic nitrogens is 6. The lowest BCUT2D eigenvalue weighted by Gasteiger charge is -2.46. The number of pyridine rings is 2. The zero-order chi connectivity index (χ0) is 24.5. The van der Waals surface area contributed by atoms with Gasteiger partial charge in [0.25, 0.3) is 5.56 Å². The molecule has 5 aromatic heterocycles. The smallest absolute Gasteiger partial charge is 0.261 e. The number of hydrogen-bond acceptors (Lipinski definition) is 8. The molecule has 1 aliphatic heterocycles. The van der Waals surface area contributed by atoms with E-state index in [9.17, 15) is 9.59 Å². The van der Waals surface area contributed by atoms with E-state index in [0.717, 1.165) is 21.0 Å². The number of carbonyl (C=O) groups is 1. The van der Waals surface area contributed by atoms with Crippen molar-refractivity contribution in [2.75, 3.05) is 32.1 Å². The Morgan fingerprint density at radius 3 is 2.80 bits per heavy atom. The van der Waals surface area contributed by atoms with Crippen LogP contribution in [0.5, 0.6) is 0 Å². The van der Waals surface area contributed by atoms with Gasteiger partial charge in [0.05, 0.1) is 40.1 Å². The van der Waals surface area contributed by atoms with E-state index >= 15 is 0 Å². The molecule has 0 aliphatic carbocycles. The Morgan fingerprint density at radius 2 is 2.09 bits per heavy atom. The number of nitrogens with one attached hydrogen (secondary N) is 2. The van der Waals surface area contributed by atoms with Crippen LogP contribution >= 0.6 is 11.3 Å². The van der Waals surface area contributed by atoms with Crippen LogP contribution in [0.25, 0.3) is 37.2 Å². The molecule has 6 heterocycles. The molecule has 0 radical (unpaired) electrons. The van der Waals surface area contributed by atoms with Crippen LogP contribution in [-0.4, -0.2) is 72.5 Å². The number of aryl methyl sites for hydroxylation is 2. The molecule has 5 aromatic rings. The highest BCUT2D eigenvalue weighted by atomic mass is 32.1. The minimum absolute atomic E-state index is 0.145. The van der Waals surface area contributed by atoms with Gasteiger partial charge in [0, 0.05) is 45.2 Å². The summed E-state index contributed by atoms with van der Waals surface area (Å²) >= 11 is 1.49. The van der Waals surface area contributed by atoms with Crippen molar-refractivity contribution >= 4 is 49.7 Å². The zero-order valence-electron chi connectivity index (χ0n) is 19.7. The van der Waals surface area contributed by atoms with Gasteiger partial charge >= 0.3 is 0 Å². The fraction of sp³-hybridized carbons (Fsp3) is 0.348. The molecule has 1 fully saturated rings. The third-order valence-corrected chi connectivity index (χ3v) is 7.57. The van der Waals surface area contributed by atoms with Gasteiger partial charge in [0.2, 0.25) is 5.91 Å². The molecular formula is C23H24N8O3S. The van der Waals surface area contributed by atoms with Crippen molar-refractivity contribution in [2.24, 2.45) is 7.05 Å². The minimum atomic E-state index is -0.247. The molecule has 11 nitrogen and oxygen atoms in total. The second kappa shape index (κ2) is 7.70. The second-order valence-corrected chi connectivity index (χ2v) is 10.3. The average molecular weight is 493 g/mol. The molecule has 0 atom stereocenters. The van der Waals surface area contributed by atoms with Crippen molar-refractivity contribution in [2.45, 2.75) is 19.4 Å². The van der Waals surface area contributed by atoms with Gasteiger partial charge in [-0.1, -0.05) is 0 Å². The average Bonchev–Trinajstić information content (AvgIpc) is 3.44. The van der Waals surface area contributed by atoms with Crippen molar-refractivity contribution in [3.8, 4) is 10.4 Å². The van der Waals surface area contributed by atoms with E-state index < -0.39 is 0 Å². The standard InChI is InChI=1S/C23H24N8O3S/c1-12-14(7-29(3)27-12)16-8-31-22(35-16)18-20(28-31)19-15(26-21(18)33)5-13(6-24-19)25-17(32)9-30-10-23(2,11-30)34-4/h5-8H,9-11H2,1-4H3,(H,25,32)(H,26,33). The quantitative estimate of drug-likeness (QED) is 0.385. The number of carbonyl (C=O) groups excluding carboxylic acids is 1. The number of nitrogens with zero attached hydrogens (tertiary/aromatic N) is 6. The van der Waals surface area contributed by atoms with E-state index in [1.165, 1.54) is 11.3 Å². The summed E-state index contributed by atoms with van der Waals surface area (Å²) in [4.78, 5) is 36.7. The van der Waals surface area contributed by atoms with Crippen molar-refractivity contribution in [3.05, 3.63) is 40.7 Å². The number of anilines is 1. The normalized spacial score (nSPS) is 15.8. The van der Waals surface area contributed by atoms with E-state index in [4.69, 9.17) is 4.74 Å². The Labute approximate surface area is 203 Å². The first-order valence-electron chi connectivity index (χ1n) is 11.1. The number of amides is 1. The highest BCUT2D eigenvalue weighted by Gasteiger charge is 2.39. The van der Waals surface area contributed by atoms with Crippen molar-refractivity contribution in [3.63, 3.8) is 0 Å². The number of hydrogen-bond donors (Lipinski definition) is 2. The summed E-state index contributed by atoms with van der Waals surface area (Å²) in [6.45, 7) is 5.65. The molecule has 6 rings (SSSR count). The SMILES string of the molecule is COC1(C)CN(CC(=O)Nc2cnc3c(c2)[nH]c(=O)c2c3nn3cc(-c4cn(C)nc4C)sc23)C1. The number of rotatable bonds is 5. The molecule has 35 heavy (non-hydrogen) atoms. The number of methoxy groups -OCH3 is 1. The van der Waals surface area contributed by atoms with Gasteiger partial charge in [0.15, 0.2) is 0 Å². The number of thiazole rings is 1. The van der Waals surface area contributed by atoms with Crippen LogP contribution in [0, 0.1) is 6.92 Å². The second-order valence-electron chi connectivity index (χ2n) is 9.29. The monoisotopic (exact) mass is 492 g/mol. The third-order valence-electron chi connectivity index (χ3n) is 6.44. The van der Waals surface area contributed by atoms with Crippen LogP contribution in [-0.2, 0) is 16.6 Å². The Morgan fingerprint density at radius 1 is 1.29 bits per heavy atom. The van der Waals surface area contributed by atoms with Gasteiger partial charge in [-0.3, -0.25) is 24.2 Å².